The molecule has 2 aromatic carbocycles. The Kier molecular flexibility index (Phi) is 5.11. The van der Waals surface area contributed by atoms with Crippen molar-refractivity contribution in [3.05, 3.63) is 66.8 Å². The first kappa shape index (κ1) is 20.3. The molecule has 0 radical (unpaired) electrons. The third kappa shape index (κ3) is 3.76. The molecule has 0 bridgehead atoms. The Balaban J connectivity index is 1.96. The van der Waals surface area contributed by atoms with Crippen LogP contribution in [0.3, 0.4) is 0 Å². The predicted octanol–water partition coefficient (Wildman–Crippen LogP) is 3.16. The van der Waals surface area contributed by atoms with Crippen LogP contribution in [0.4, 0.5) is 11.4 Å². The lowest BCUT2D eigenvalue weighted by Gasteiger charge is -2.03. The maximum absolute atomic E-state index is 12.6. The number of ketones is 1. The van der Waals surface area contributed by atoms with Crippen LogP contribution in [0.25, 0.3) is 12.2 Å². The van der Waals surface area contributed by atoms with Crippen molar-refractivity contribution in [1.29, 1.82) is 0 Å². The minimum atomic E-state index is -0.880. The zero-order valence-corrected chi connectivity index (χ0v) is 15.1. The van der Waals surface area contributed by atoms with Gasteiger partial charge in [-0.15, -0.1) is 0 Å². The number of rotatable bonds is 4. The van der Waals surface area contributed by atoms with Crippen LogP contribution in [0, 0.1) is 20.2 Å². The topological polar surface area (TPSA) is 184 Å². The summed E-state index contributed by atoms with van der Waals surface area (Å²) in [6.07, 6.45) is 3.22. The normalized spacial score (nSPS) is 16.3. The largest absolute Gasteiger partial charge is 0.504 e. The Bertz CT molecular complexity index is 1080. The number of carbonyl (C=O) groups is 1. The van der Waals surface area contributed by atoms with Gasteiger partial charge in [0.15, 0.2) is 17.3 Å². The molecule has 0 aromatic heterocycles. The third-order valence-corrected chi connectivity index (χ3v) is 4.51. The number of phenolic OH excluding ortho intramolecular Hbond substituents is 4. The number of hydrogen-bond donors (Lipinski definition) is 4. The molecule has 0 spiro atoms. The monoisotopic (exact) mass is 414 g/mol. The van der Waals surface area contributed by atoms with Crippen molar-refractivity contribution in [2.75, 3.05) is 0 Å². The third-order valence-electron chi connectivity index (χ3n) is 4.51. The second-order valence-electron chi connectivity index (χ2n) is 6.50. The van der Waals surface area contributed by atoms with E-state index in [1.54, 1.807) is 0 Å². The molecule has 11 heteroatoms. The van der Waals surface area contributed by atoms with Crippen LogP contribution >= 0.6 is 0 Å². The summed E-state index contributed by atoms with van der Waals surface area (Å²) in [5.41, 5.74) is -0.597. The first-order valence-electron chi connectivity index (χ1n) is 8.45. The Hall–Kier alpha value is -4.41. The molecule has 1 saturated carbocycles. The van der Waals surface area contributed by atoms with E-state index >= 15 is 0 Å². The average molecular weight is 414 g/mol. The average Bonchev–Trinajstić information content (AvgIpc) is 3.00. The molecule has 3 rings (SSSR count). The van der Waals surface area contributed by atoms with E-state index in [-0.39, 0.29) is 35.1 Å². The van der Waals surface area contributed by atoms with Crippen molar-refractivity contribution >= 4 is 29.3 Å². The van der Waals surface area contributed by atoms with Crippen LogP contribution < -0.4 is 0 Å². The van der Waals surface area contributed by atoms with Crippen molar-refractivity contribution < 1.29 is 35.1 Å². The van der Waals surface area contributed by atoms with Gasteiger partial charge in [0.1, 0.15) is 0 Å². The minimum Gasteiger partial charge on any atom is -0.504 e. The van der Waals surface area contributed by atoms with Gasteiger partial charge in [0.05, 0.1) is 9.85 Å². The number of benzene rings is 2. The fourth-order valence-electron chi connectivity index (χ4n) is 3.08. The van der Waals surface area contributed by atoms with Gasteiger partial charge in [-0.1, -0.05) is 0 Å². The van der Waals surface area contributed by atoms with Crippen molar-refractivity contribution in [1.82, 2.24) is 0 Å². The molecule has 0 heterocycles. The number of carbonyl (C=O) groups excluding carboxylic acids is 1. The van der Waals surface area contributed by atoms with E-state index < -0.39 is 50.0 Å². The van der Waals surface area contributed by atoms with E-state index in [1.165, 1.54) is 12.2 Å². The van der Waals surface area contributed by atoms with Gasteiger partial charge in [-0.25, -0.2) is 0 Å². The molecule has 1 aliphatic rings. The quantitative estimate of drug-likeness (QED) is 0.252. The highest BCUT2D eigenvalue weighted by molar-refractivity contribution is 6.15. The summed E-state index contributed by atoms with van der Waals surface area (Å²) >= 11 is 0. The lowest BCUT2D eigenvalue weighted by atomic mass is 10.0. The van der Waals surface area contributed by atoms with Crippen LogP contribution in [-0.4, -0.2) is 36.1 Å². The van der Waals surface area contributed by atoms with Gasteiger partial charge >= 0.3 is 11.4 Å². The number of aromatic hydroxyl groups is 4. The van der Waals surface area contributed by atoms with Gasteiger partial charge in [0, 0.05) is 23.3 Å². The molecule has 0 amide bonds. The van der Waals surface area contributed by atoms with E-state index in [9.17, 15) is 45.4 Å². The number of Topliss-reactive ketones (excluding diaryl/α,β-unsaturated/α-hetero) is 1. The van der Waals surface area contributed by atoms with Crippen molar-refractivity contribution in [2.45, 2.75) is 12.8 Å². The molecule has 154 valence electrons. The summed E-state index contributed by atoms with van der Waals surface area (Å²) in [7, 11) is 0. The van der Waals surface area contributed by atoms with Crippen LogP contribution in [-0.2, 0) is 4.79 Å². The molecule has 0 unspecified atom stereocenters. The number of hydrogen-bond acceptors (Lipinski definition) is 9. The van der Waals surface area contributed by atoms with Gasteiger partial charge < -0.3 is 20.4 Å². The summed E-state index contributed by atoms with van der Waals surface area (Å²) < 4.78 is 0. The highest BCUT2D eigenvalue weighted by Gasteiger charge is 2.25. The molecule has 0 saturated heterocycles. The Morgan fingerprint density at radius 2 is 1.10 bits per heavy atom. The summed E-state index contributed by atoms with van der Waals surface area (Å²) in [6.45, 7) is 0. The fourth-order valence-corrected chi connectivity index (χ4v) is 3.08. The molecule has 1 aliphatic carbocycles. The summed E-state index contributed by atoms with van der Waals surface area (Å²) in [5, 5.41) is 60.3. The predicted molar refractivity (Wildman–Crippen MR) is 103 cm³/mol. The Labute approximate surface area is 167 Å². The molecular weight excluding hydrogens is 400 g/mol. The van der Waals surface area contributed by atoms with Gasteiger partial charge in [-0.05, 0) is 48.3 Å². The van der Waals surface area contributed by atoms with Crippen LogP contribution in [0.5, 0.6) is 23.0 Å². The molecule has 0 atom stereocenters. The zero-order valence-electron chi connectivity index (χ0n) is 15.1. The highest BCUT2D eigenvalue weighted by atomic mass is 16.6. The zero-order chi connectivity index (χ0) is 22.2. The van der Waals surface area contributed by atoms with E-state index in [1.807, 2.05) is 0 Å². The Morgan fingerprint density at radius 3 is 1.43 bits per heavy atom. The van der Waals surface area contributed by atoms with Gasteiger partial charge in [-0.2, -0.15) is 0 Å². The molecule has 4 N–H and O–H groups in total. The maximum Gasteiger partial charge on any atom is 0.315 e. The smallest absolute Gasteiger partial charge is 0.315 e. The Morgan fingerprint density at radius 1 is 0.733 bits per heavy atom. The maximum atomic E-state index is 12.6. The number of nitrogens with zero attached hydrogens (tertiary/aromatic N) is 2. The van der Waals surface area contributed by atoms with Crippen molar-refractivity contribution in [2.24, 2.45) is 0 Å². The summed E-state index contributed by atoms with van der Waals surface area (Å²) in [4.78, 5) is 32.8. The van der Waals surface area contributed by atoms with Gasteiger partial charge in [-0.3, -0.25) is 25.0 Å². The van der Waals surface area contributed by atoms with E-state index in [4.69, 9.17) is 0 Å². The lowest BCUT2D eigenvalue weighted by Crippen LogP contribution is -1.96. The summed E-state index contributed by atoms with van der Waals surface area (Å²) in [5.74, 6) is -3.59. The van der Waals surface area contributed by atoms with Crippen LogP contribution in [0.15, 0.2) is 35.4 Å². The molecule has 1 fully saturated rings. The summed E-state index contributed by atoms with van der Waals surface area (Å²) in [6, 6.07) is 4.17. The fraction of sp³-hybridized carbons (Fsp3) is 0.105. The standard InChI is InChI=1S/C19H14N2O9/c22-15-7-9(5-13(18(15)25)20(27)28)3-11-1-2-12(17(11)24)4-10-6-14(21(29)30)19(26)16(23)8-10/h3-8,22-23,25-26H,1-2H2/b11-3-,12-4+. The number of nitro groups is 2. The van der Waals surface area contributed by atoms with Crippen molar-refractivity contribution in [3.8, 4) is 23.0 Å². The van der Waals surface area contributed by atoms with Gasteiger partial charge in [0.25, 0.3) is 0 Å². The van der Waals surface area contributed by atoms with E-state index in [0.717, 1.165) is 24.3 Å². The highest BCUT2D eigenvalue weighted by Crippen LogP contribution is 2.39. The minimum absolute atomic E-state index is 0.138. The van der Waals surface area contributed by atoms with Crippen LogP contribution in [0.2, 0.25) is 0 Å². The molecule has 0 aliphatic heterocycles. The van der Waals surface area contributed by atoms with E-state index in [2.05, 4.69) is 0 Å². The number of allylic oxidation sites excluding steroid dienone is 2. The molecule has 11 nitrogen and oxygen atoms in total. The SMILES string of the molecule is O=C1/C(=C\c2cc(O)c(O)c([N+](=O)[O-])c2)CC/C1=C\c1cc(O)c(O)c([N+](=O)[O-])c1. The molecular formula is C19H14N2O9. The van der Waals surface area contributed by atoms with E-state index in [0.29, 0.717) is 0 Å². The van der Waals surface area contributed by atoms with Gasteiger partial charge in [0.2, 0.25) is 11.5 Å². The number of nitro benzene ring substituents is 2. The lowest BCUT2D eigenvalue weighted by molar-refractivity contribution is -0.386. The molecule has 30 heavy (non-hydrogen) atoms. The number of phenols is 4. The molecule has 2 aromatic rings. The second-order valence-corrected chi connectivity index (χ2v) is 6.50. The second kappa shape index (κ2) is 7.54. The van der Waals surface area contributed by atoms with Crippen molar-refractivity contribution in [3.63, 3.8) is 0 Å². The van der Waals surface area contributed by atoms with Crippen LogP contribution in [0.1, 0.15) is 24.0 Å². The first-order chi connectivity index (χ1) is 14.1. The first-order valence-corrected chi connectivity index (χ1v) is 8.45.